The molecular weight excluding hydrogens is 376 g/mol. The number of esters is 1. The van der Waals surface area contributed by atoms with E-state index < -0.39 is 16.9 Å². The van der Waals surface area contributed by atoms with Gasteiger partial charge in [-0.3, -0.25) is 19.7 Å². The average Bonchev–Trinajstić information content (AvgIpc) is 2.66. The van der Waals surface area contributed by atoms with Crippen LogP contribution in [0.2, 0.25) is 0 Å². The van der Waals surface area contributed by atoms with Crippen molar-refractivity contribution in [1.29, 1.82) is 0 Å². The average molecular weight is 400 g/mol. The molecule has 1 unspecified atom stereocenters. The van der Waals surface area contributed by atoms with E-state index >= 15 is 0 Å². The molecule has 1 atom stereocenters. The fourth-order valence-corrected chi connectivity index (χ4v) is 2.88. The molecule has 8 heteroatoms. The summed E-state index contributed by atoms with van der Waals surface area (Å²) in [6, 6.07) is 12.2. The first-order chi connectivity index (χ1) is 13.8. The number of rotatable bonds is 9. The molecule has 0 saturated heterocycles. The Morgan fingerprint density at radius 2 is 1.86 bits per heavy atom. The van der Waals surface area contributed by atoms with Gasteiger partial charge < -0.3 is 14.8 Å². The van der Waals surface area contributed by atoms with Gasteiger partial charge in [-0.05, 0) is 31.5 Å². The zero-order valence-electron chi connectivity index (χ0n) is 16.6. The molecule has 0 aromatic heterocycles. The van der Waals surface area contributed by atoms with Crippen LogP contribution in [-0.2, 0) is 20.7 Å². The Hall–Kier alpha value is -3.42. The van der Waals surface area contributed by atoms with Crippen molar-refractivity contribution >= 4 is 17.6 Å². The lowest BCUT2D eigenvalue weighted by Crippen LogP contribution is -2.32. The van der Waals surface area contributed by atoms with Crippen molar-refractivity contribution in [1.82, 2.24) is 5.32 Å². The maximum absolute atomic E-state index is 12.6. The van der Waals surface area contributed by atoms with Gasteiger partial charge in [-0.1, -0.05) is 30.3 Å². The van der Waals surface area contributed by atoms with Crippen LogP contribution in [0.25, 0.3) is 0 Å². The first-order valence-corrected chi connectivity index (χ1v) is 9.15. The lowest BCUT2D eigenvalue weighted by molar-refractivity contribution is -0.385. The van der Waals surface area contributed by atoms with Gasteiger partial charge in [-0.2, -0.15) is 0 Å². The lowest BCUT2D eigenvalue weighted by Gasteiger charge is -2.19. The minimum Gasteiger partial charge on any atom is -0.497 e. The number of nitro benzene ring substituents is 1. The number of nitrogens with zero attached hydrogens (tertiary/aromatic N) is 1. The summed E-state index contributed by atoms with van der Waals surface area (Å²) in [4.78, 5) is 35.7. The van der Waals surface area contributed by atoms with Gasteiger partial charge in [0.25, 0.3) is 5.69 Å². The molecule has 0 radical (unpaired) electrons. The predicted octanol–water partition coefficient (Wildman–Crippen LogP) is 3.35. The maximum Gasteiger partial charge on any atom is 0.308 e. The summed E-state index contributed by atoms with van der Waals surface area (Å²) >= 11 is 0. The number of ether oxygens (including phenoxy) is 2. The smallest absolute Gasteiger partial charge is 0.308 e. The van der Waals surface area contributed by atoms with Gasteiger partial charge in [0, 0.05) is 6.07 Å². The molecule has 0 spiro atoms. The van der Waals surface area contributed by atoms with Crippen LogP contribution in [0.4, 0.5) is 5.69 Å². The largest absolute Gasteiger partial charge is 0.497 e. The van der Waals surface area contributed by atoms with E-state index in [1.165, 1.54) is 25.3 Å². The Kier molecular flexibility index (Phi) is 7.70. The van der Waals surface area contributed by atoms with Crippen LogP contribution in [-0.4, -0.2) is 30.0 Å². The predicted molar refractivity (Wildman–Crippen MR) is 107 cm³/mol. The fourth-order valence-electron chi connectivity index (χ4n) is 2.88. The summed E-state index contributed by atoms with van der Waals surface area (Å²) in [6.07, 6.45) is -0.512. The zero-order chi connectivity index (χ0) is 21.4. The van der Waals surface area contributed by atoms with Crippen LogP contribution >= 0.6 is 0 Å². The van der Waals surface area contributed by atoms with Crippen LogP contribution in [0.5, 0.6) is 5.75 Å². The van der Waals surface area contributed by atoms with Gasteiger partial charge in [0.2, 0.25) is 5.91 Å². The number of benzene rings is 2. The van der Waals surface area contributed by atoms with Gasteiger partial charge in [0.05, 0.1) is 42.6 Å². The molecule has 0 aliphatic heterocycles. The standard InChI is InChI=1S/C21H24N2O6/c1-14(2)29-21(25)13-18(17-9-4-5-10-19(17)23(26)27)22-20(24)12-15-7-6-8-16(11-15)28-3/h4-11,14,18H,12-13H2,1-3H3,(H,22,24). The van der Waals surface area contributed by atoms with Crippen molar-refractivity contribution in [3.05, 3.63) is 69.8 Å². The number of amides is 1. The molecule has 0 bridgehead atoms. The first kappa shape index (κ1) is 21.9. The van der Waals surface area contributed by atoms with E-state index in [0.717, 1.165) is 0 Å². The Balaban J connectivity index is 2.24. The number of para-hydroxylation sites is 1. The van der Waals surface area contributed by atoms with Crippen LogP contribution in [0.3, 0.4) is 0 Å². The van der Waals surface area contributed by atoms with Crippen LogP contribution in [0.15, 0.2) is 48.5 Å². The Morgan fingerprint density at radius 1 is 1.14 bits per heavy atom. The molecule has 8 nitrogen and oxygen atoms in total. The van der Waals surface area contributed by atoms with Gasteiger partial charge in [0.15, 0.2) is 0 Å². The molecule has 1 amide bonds. The van der Waals surface area contributed by atoms with E-state index in [1.54, 1.807) is 44.2 Å². The summed E-state index contributed by atoms with van der Waals surface area (Å²) in [7, 11) is 1.53. The topological polar surface area (TPSA) is 108 Å². The van der Waals surface area contributed by atoms with Crippen molar-refractivity contribution in [3.63, 3.8) is 0 Å². The number of nitro groups is 1. The normalized spacial score (nSPS) is 11.6. The van der Waals surface area contributed by atoms with Gasteiger partial charge in [0.1, 0.15) is 5.75 Å². The van der Waals surface area contributed by atoms with Crippen LogP contribution in [0, 0.1) is 10.1 Å². The Bertz CT molecular complexity index is 881. The van der Waals surface area contributed by atoms with Crippen molar-refractivity contribution in [2.75, 3.05) is 7.11 Å². The molecule has 0 saturated carbocycles. The summed E-state index contributed by atoms with van der Waals surface area (Å²) < 4.78 is 10.3. The van der Waals surface area contributed by atoms with E-state index in [9.17, 15) is 19.7 Å². The first-order valence-electron chi connectivity index (χ1n) is 9.15. The second-order valence-corrected chi connectivity index (χ2v) is 6.71. The van der Waals surface area contributed by atoms with Crippen molar-refractivity contribution in [3.8, 4) is 5.75 Å². The third-order valence-corrected chi connectivity index (χ3v) is 4.08. The Labute approximate surface area is 169 Å². The molecule has 1 N–H and O–H groups in total. The van der Waals surface area contributed by atoms with E-state index in [4.69, 9.17) is 9.47 Å². The molecule has 2 aromatic rings. The van der Waals surface area contributed by atoms with Crippen LogP contribution in [0.1, 0.15) is 37.4 Å². The third-order valence-electron chi connectivity index (χ3n) is 4.08. The minimum atomic E-state index is -0.888. The fraction of sp³-hybridized carbons (Fsp3) is 0.333. The van der Waals surface area contributed by atoms with E-state index in [0.29, 0.717) is 11.3 Å². The molecular formula is C21H24N2O6. The second-order valence-electron chi connectivity index (χ2n) is 6.71. The highest BCUT2D eigenvalue weighted by Crippen LogP contribution is 2.27. The van der Waals surface area contributed by atoms with Gasteiger partial charge in [-0.15, -0.1) is 0 Å². The van der Waals surface area contributed by atoms with E-state index in [1.807, 2.05) is 0 Å². The number of methoxy groups -OCH3 is 1. The number of carbonyl (C=O) groups excluding carboxylic acids is 2. The monoisotopic (exact) mass is 400 g/mol. The highest BCUT2D eigenvalue weighted by atomic mass is 16.6. The molecule has 29 heavy (non-hydrogen) atoms. The van der Waals surface area contributed by atoms with Gasteiger partial charge >= 0.3 is 5.97 Å². The third kappa shape index (κ3) is 6.60. The quantitative estimate of drug-likeness (QED) is 0.393. The molecule has 0 heterocycles. The molecule has 0 aliphatic rings. The summed E-state index contributed by atoms with van der Waals surface area (Å²) in [5, 5.41) is 14.1. The highest BCUT2D eigenvalue weighted by molar-refractivity contribution is 5.80. The Morgan fingerprint density at radius 3 is 2.52 bits per heavy atom. The molecule has 0 aliphatic carbocycles. The number of hydrogen-bond acceptors (Lipinski definition) is 6. The summed E-state index contributed by atoms with van der Waals surface area (Å²) in [6.45, 7) is 3.42. The minimum absolute atomic E-state index is 0.0353. The second kappa shape index (κ2) is 10.2. The van der Waals surface area contributed by atoms with Crippen LogP contribution < -0.4 is 10.1 Å². The number of carbonyl (C=O) groups is 2. The summed E-state index contributed by atoms with van der Waals surface area (Å²) in [5.41, 5.74) is 0.793. The van der Waals surface area contributed by atoms with Crippen molar-refractivity contribution < 1.29 is 24.0 Å². The molecule has 0 fully saturated rings. The molecule has 154 valence electrons. The van der Waals surface area contributed by atoms with Crippen molar-refractivity contribution in [2.24, 2.45) is 0 Å². The number of nitrogens with one attached hydrogen (secondary N) is 1. The highest BCUT2D eigenvalue weighted by Gasteiger charge is 2.26. The number of hydrogen-bond donors (Lipinski definition) is 1. The van der Waals surface area contributed by atoms with E-state index in [-0.39, 0.29) is 36.1 Å². The summed E-state index contributed by atoms with van der Waals surface area (Å²) in [5.74, 6) is -0.311. The van der Waals surface area contributed by atoms with Crippen molar-refractivity contribution in [2.45, 2.75) is 38.8 Å². The van der Waals surface area contributed by atoms with E-state index in [2.05, 4.69) is 5.32 Å². The van der Waals surface area contributed by atoms with Gasteiger partial charge in [-0.25, -0.2) is 0 Å². The lowest BCUT2D eigenvalue weighted by atomic mass is 10.0. The zero-order valence-corrected chi connectivity index (χ0v) is 16.6. The molecule has 2 aromatic carbocycles. The SMILES string of the molecule is COc1cccc(CC(=O)NC(CC(=O)OC(C)C)c2ccccc2[N+](=O)[O-])c1. The molecule has 2 rings (SSSR count). The maximum atomic E-state index is 12.6.